The summed E-state index contributed by atoms with van der Waals surface area (Å²) in [5.41, 5.74) is 0.293. The van der Waals surface area contributed by atoms with E-state index in [1.54, 1.807) is 0 Å². The van der Waals surface area contributed by atoms with E-state index in [9.17, 15) is 4.79 Å². The highest BCUT2D eigenvalue weighted by Gasteiger charge is 2.44. The molecule has 2 aromatic rings. The minimum Gasteiger partial charge on any atom is -0.351 e. The average molecular weight is 264 g/mol. The summed E-state index contributed by atoms with van der Waals surface area (Å²) in [6, 6.07) is 16.5. The molecule has 0 saturated heterocycles. The lowest BCUT2D eigenvalue weighted by Gasteiger charge is -2.33. The van der Waals surface area contributed by atoms with Crippen LogP contribution in [-0.4, -0.2) is 5.91 Å². The van der Waals surface area contributed by atoms with Crippen molar-refractivity contribution in [1.82, 2.24) is 5.32 Å². The van der Waals surface area contributed by atoms with E-state index in [4.69, 9.17) is 5.26 Å². The summed E-state index contributed by atoms with van der Waals surface area (Å²) in [5.74, 6) is -0.126. The van der Waals surface area contributed by atoms with Crippen LogP contribution < -0.4 is 5.32 Å². The van der Waals surface area contributed by atoms with Crippen molar-refractivity contribution in [1.29, 1.82) is 5.26 Å². The fourth-order valence-electron chi connectivity index (χ4n) is 2.62. The Morgan fingerprint density at radius 2 is 1.95 bits per heavy atom. The summed E-state index contributed by atoms with van der Waals surface area (Å²) in [6.07, 6.45) is 2.34. The zero-order chi connectivity index (χ0) is 14.0. The minimum absolute atomic E-state index is 0.126. The van der Waals surface area contributed by atoms with E-state index in [-0.39, 0.29) is 5.91 Å². The van der Waals surface area contributed by atoms with Crippen molar-refractivity contribution in [2.24, 2.45) is 5.41 Å². The first-order chi connectivity index (χ1) is 9.73. The predicted octanol–water partition coefficient (Wildman–Crippen LogP) is 3.15. The van der Waals surface area contributed by atoms with Gasteiger partial charge in [0, 0.05) is 6.54 Å². The topological polar surface area (TPSA) is 52.9 Å². The molecule has 3 rings (SSSR count). The van der Waals surface area contributed by atoms with Crippen LogP contribution in [0.25, 0.3) is 10.8 Å². The summed E-state index contributed by atoms with van der Waals surface area (Å²) in [7, 11) is 0. The van der Waals surface area contributed by atoms with Crippen LogP contribution in [-0.2, 0) is 11.3 Å². The summed E-state index contributed by atoms with van der Waals surface area (Å²) in [6.45, 7) is 0.479. The molecule has 1 saturated carbocycles. The Labute approximate surface area is 118 Å². The first kappa shape index (κ1) is 12.7. The fourth-order valence-corrected chi connectivity index (χ4v) is 2.62. The maximum absolute atomic E-state index is 12.1. The number of rotatable bonds is 3. The van der Waals surface area contributed by atoms with Crippen molar-refractivity contribution in [2.45, 2.75) is 25.8 Å². The first-order valence-electron chi connectivity index (χ1n) is 6.91. The van der Waals surface area contributed by atoms with Gasteiger partial charge in [-0.2, -0.15) is 5.26 Å². The fraction of sp³-hybridized carbons (Fsp3) is 0.294. The van der Waals surface area contributed by atoms with E-state index in [0.29, 0.717) is 19.4 Å². The molecule has 100 valence electrons. The number of carbonyl (C=O) groups excluding carboxylic acids is 1. The Balaban J connectivity index is 1.71. The second-order valence-electron chi connectivity index (χ2n) is 5.41. The summed E-state index contributed by atoms with van der Waals surface area (Å²) in [5, 5.41) is 14.4. The molecule has 0 aliphatic heterocycles. The van der Waals surface area contributed by atoms with Crippen LogP contribution in [0, 0.1) is 16.7 Å². The number of nitrogens with one attached hydrogen (secondary N) is 1. The van der Waals surface area contributed by atoms with Gasteiger partial charge in [0.25, 0.3) is 0 Å². The Bertz CT molecular complexity index is 695. The molecule has 3 nitrogen and oxygen atoms in total. The van der Waals surface area contributed by atoms with Crippen molar-refractivity contribution in [3.8, 4) is 6.07 Å². The molecule has 1 aliphatic rings. The number of carbonyl (C=O) groups is 1. The van der Waals surface area contributed by atoms with Crippen molar-refractivity contribution in [2.75, 3.05) is 0 Å². The van der Waals surface area contributed by atoms with E-state index in [0.717, 1.165) is 17.4 Å². The molecular weight excluding hydrogens is 248 g/mol. The van der Waals surface area contributed by atoms with Crippen LogP contribution >= 0.6 is 0 Å². The van der Waals surface area contributed by atoms with Gasteiger partial charge in [-0.15, -0.1) is 0 Å². The van der Waals surface area contributed by atoms with Gasteiger partial charge in [0.1, 0.15) is 5.41 Å². The van der Waals surface area contributed by atoms with Crippen molar-refractivity contribution >= 4 is 16.7 Å². The van der Waals surface area contributed by atoms with Gasteiger partial charge in [0.15, 0.2) is 0 Å². The number of benzene rings is 2. The van der Waals surface area contributed by atoms with E-state index < -0.39 is 5.41 Å². The largest absolute Gasteiger partial charge is 0.351 e. The SMILES string of the molecule is N#CC1(C(=O)NCc2ccc3ccccc3c2)CCC1. The van der Waals surface area contributed by atoms with Gasteiger partial charge in [-0.1, -0.05) is 36.4 Å². The molecular formula is C17H16N2O. The molecule has 0 unspecified atom stereocenters. The van der Waals surface area contributed by atoms with E-state index in [1.807, 2.05) is 18.2 Å². The molecule has 1 amide bonds. The molecule has 1 aliphatic carbocycles. The average Bonchev–Trinajstić information content (AvgIpc) is 2.44. The lowest BCUT2D eigenvalue weighted by Crippen LogP contribution is -2.44. The van der Waals surface area contributed by atoms with Crippen molar-refractivity contribution in [3.05, 3.63) is 48.0 Å². The third-order valence-electron chi connectivity index (χ3n) is 4.12. The Hall–Kier alpha value is -2.34. The normalized spacial score (nSPS) is 16.1. The molecule has 1 fully saturated rings. The Morgan fingerprint density at radius 3 is 2.60 bits per heavy atom. The molecule has 2 aromatic carbocycles. The number of nitriles is 1. The van der Waals surface area contributed by atoms with Crippen molar-refractivity contribution in [3.63, 3.8) is 0 Å². The number of amides is 1. The summed E-state index contributed by atoms with van der Waals surface area (Å²) < 4.78 is 0. The summed E-state index contributed by atoms with van der Waals surface area (Å²) >= 11 is 0. The highest BCUT2D eigenvalue weighted by Crippen LogP contribution is 2.40. The van der Waals surface area contributed by atoms with Crippen LogP contribution in [0.2, 0.25) is 0 Å². The van der Waals surface area contributed by atoms with E-state index in [1.165, 1.54) is 5.39 Å². The van der Waals surface area contributed by atoms with Crippen molar-refractivity contribution < 1.29 is 4.79 Å². The highest BCUT2D eigenvalue weighted by molar-refractivity contribution is 5.86. The number of hydrogen-bond acceptors (Lipinski definition) is 2. The zero-order valence-electron chi connectivity index (χ0n) is 11.2. The summed E-state index contributed by atoms with van der Waals surface area (Å²) in [4.78, 5) is 12.1. The van der Waals surface area contributed by atoms with Gasteiger partial charge in [-0.05, 0) is 41.7 Å². The second kappa shape index (κ2) is 4.97. The van der Waals surface area contributed by atoms with Gasteiger partial charge in [-0.3, -0.25) is 4.79 Å². The van der Waals surface area contributed by atoms with Crippen LogP contribution in [0.1, 0.15) is 24.8 Å². The number of hydrogen-bond donors (Lipinski definition) is 1. The smallest absolute Gasteiger partial charge is 0.240 e. The molecule has 20 heavy (non-hydrogen) atoms. The van der Waals surface area contributed by atoms with Gasteiger partial charge >= 0.3 is 0 Å². The standard InChI is InChI=1S/C17H16N2O/c18-12-17(8-3-9-17)16(20)19-11-13-6-7-14-4-1-2-5-15(14)10-13/h1-2,4-7,10H,3,8-9,11H2,(H,19,20). The molecule has 0 aromatic heterocycles. The number of nitrogens with zero attached hydrogens (tertiary/aromatic N) is 1. The molecule has 0 spiro atoms. The Morgan fingerprint density at radius 1 is 1.20 bits per heavy atom. The van der Waals surface area contributed by atoms with Gasteiger partial charge in [-0.25, -0.2) is 0 Å². The molecule has 0 bridgehead atoms. The lowest BCUT2D eigenvalue weighted by molar-refractivity contribution is -0.131. The molecule has 1 N–H and O–H groups in total. The molecule has 0 atom stereocenters. The molecule has 0 heterocycles. The van der Waals surface area contributed by atoms with E-state index in [2.05, 4.69) is 35.7 Å². The maximum atomic E-state index is 12.1. The lowest BCUT2D eigenvalue weighted by atomic mass is 9.69. The zero-order valence-corrected chi connectivity index (χ0v) is 11.2. The van der Waals surface area contributed by atoms with Gasteiger partial charge in [0.2, 0.25) is 5.91 Å². The van der Waals surface area contributed by atoms with Gasteiger partial charge < -0.3 is 5.32 Å². The predicted molar refractivity (Wildman–Crippen MR) is 77.7 cm³/mol. The van der Waals surface area contributed by atoms with E-state index >= 15 is 0 Å². The third kappa shape index (κ3) is 2.14. The molecule has 3 heteroatoms. The Kier molecular flexibility index (Phi) is 3.15. The third-order valence-corrected chi connectivity index (χ3v) is 4.12. The quantitative estimate of drug-likeness (QED) is 0.925. The van der Waals surface area contributed by atoms with Crippen LogP contribution in [0.15, 0.2) is 42.5 Å². The first-order valence-corrected chi connectivity index (χ1v) is 6.91. The minimum atomic E-state index is -0.767. The molecule has 0 radical (unpaired) electrons. The second-order valence-corrected chi connectivity index (χ2v) is 5.41. The van der Waals surface area contributed by atoms with Crippen LogP contribution in [0.4, 0.5) is 0 Å². The number of fused-ring (bicyclic) bond motifs is 1. The highest BCUT2D eigenvalue weighted by atomic mass is 16.2. The van der Waals surface area contributed by atoms with Crippen LogP contribution in [0.3, 0.4) is 0 Å². The van der Waals surface area contributed by atoms with Gasteiger partial charge in [0.05, 0.1) is 6.07 Å². The maximum Gasteiger partial charge on any atom is 0.240 e. The van der Waals surface area contributed by atoms with Crippen LogP contribution in [0.5, 0.6) is 0 Å². The monoisotopic (exact) mass is 264 g/mol.